The Kier molecular flexibility index (Phi) is 4.80. The first-order valence-electron chi connectivity index (χ1n) is 5.77. The maximum Gasteiger partial charge on any atom is 0.329 e. The molecule has 0 bridgehead atoms. The smallest absolute Gasteiger partial charge is 0.329 e. The Bertz CT molecular complexity index is 633. The van der Waals surface area contributed by atoms with Crippen molar-refractivity contribution >= 4 is 45.9 Å². The van der Waals surface area contributed by atoms with Crippen molar-refractivity contribution in [1.82, 2.24) is 4.98 Å². The van der Waals surface area contributed by atoms with Gasteiger partial charge in [0.05, 0.1) is 9.26 Å². The van der Waals surface area contributed by atoms with Gasteiger partial charge in [-0.25, -0.2) is 4.98 Å². The molecule has 0 amide bonds. The van der Waals surface area contributed by atoms with Gasteiger partial charge in [-0.15, -0.1) is 11.3 Å². The summed E-state index contributed by atoms with van der Waals surface area (Å²) in [5.41, 5.74) is 0.162. The molecule has 0 fully saturated rings. The first-order valence-corrected chi connectivity index (χ1v) is 7.34. The van der Waals surface area contributed by atoms with Gasteiger partial charge in [0.25, 0.3) is 0 Å². The molecule has 2 heterocycles. The van der Waals surface area contributed by atoms with E-state index in [9.17, 15) is 10.1 Å². The zero-order valence-electron chi connectivity index (χ0n) is 10.5. The van der Waals surface area contributed by atoms with Crippen molar-refractivity contribution in [3.05, 3.63) is 48.9 Å². The molecule has 2 aromatic heterocycles. The van der Waals surface area contributed by atoms with Crippen LogP contribution in [0.3, 0.4) is 0 Å². The lowest BCUT2D eigenvalue weighted by molar-refractivity contribution is -0.384. The Morgan fingerprint density at radius 2 is 2.20 bits per heavy atom. The van der Waals surface area contributed by atoms with E-state index in [2.05, 4.69) is 10.3 Å². The summed E-state index contributed by atoms with van der Waals surface area (Å²) in [6.07, 6.45) is 2.15. The van der Waals surface area contributed by atoms with Gasteiger partial charge in [-0.3, -0.25) is 10.1 Å². The monoisotopic (exact) mass is 331 g/mol. The van der Waals surface area contributed by atoms with Gasteiger partial charge in [0.2, 0.25) is 5.15 Å². The average molecular weight is 332 g/mol. The van der Waals surface area contributed by atoms with E-state index in [0.29, 0.717) is 12.1 Å². The first-order chi connectivity index (χ1) is 9.47. The minimum absolute atomic E-state index is 0.00174. The van der Waals surface area contributed by atoms with Crippen LogP contribution in [0.1, 0.15) is 11.8 Å². The highest BCUT2D eigenvalue weighted by atomic mass is 35.5. The maximum atomic E-state index is 11.0. The summed E-state index contributed by atoms with van der Waals surface area (Å²) in [7, 11) is 0. The van der Waals surface area contributed by atoms with E-state index in [-0.39, 0.29) is 16.9 Å². The molecule has 2 rings (SSSR count). The second-order valence-corrected chi connectivity index (χ2v) is 6.37. The van der Waals surface area contributed by atoms with E-state index in [0.717, 1.165) is 9.21 Å². The average Bonchev–Trinajstić information content (AvgIpc) is 2.74. The van der Waals surface area contributed by atoms with Gasteiger partial charge in [-0.2, -0.15) is 0 Å². The highest BCUT2D eigenvalue weighted by molar-refractivity contribution is 7.16. The Hall–Kier alpha value is -1.37. The zero-order valence-corrected chi connectivity index (χ0v) is 12.8. The molecule has 1 atom stereocenters. The lowest BCUT2D eigenvalue weighted by Gasteiger charge is -2.14. The summed E-state index contributed by atoms with van der Waals surface area (Å²) >= 11 is 13.1. The quantitative estimate of drug-likeness (QED) is 0.500. The van der Waals surface area contributed by atoms with E-state index in [1.54, 1.807) is 6.07 Å². The third kappa shape index (κ3) is 3.59. The van der Waals surface area contributed by atoms with Crippen molar-refractivity contribution < 1.29 is 4.92 Å². The molecular formula is C12H11Cl2N3O2S. The molecular weight excluding hydrogens is 321 g/mol. The van der Waals surface area contributed by atoms with Crippen LogP contribution in [0.15, 0.2) is 24.4 Å². The normalized spacial score (nSPS) is 12.2. The third-order valence-corrected chi connectivity index (χ3v) is 4.13. The summed E-state index contributed by atoms with van der Waals surface area (Å²) < 4.78 is 0.727. The molecule has 0 aliphatic rings. The van der Waals surface area contributed by atoms with Crippen molar-refractivity contribution in [3.63, 3.8) is 0 Å². The summed E-state index contributed by atoms with van der Waals surface area (Å²) in [4.78, 5) is 15.3. The molecule has 1 unspecified atom stereocenters. The molecule has 0 aromatic carbocycles. The number of anilines is 1. The number of hydrogen-bond acceptors (Lipinski definition) is 5. The van der Waals surface area contributed by atoms with Gasteiger partial charge in [-0.1, -0.05) is 23.2 Å². The van der Waals surface area contributed by atoms with Gasteiger partial charge in [-0.05, 0) is 25.1 Å². The zero-order chi connectivity index (χ0) is 14.7. The predicted octanol–water partition coefficient (Wildman–Crippen LogP) is 4.40. The largest absolute Gasteiger partial charge is 0.377 e. The minimum atomic E-state index is -0.535. The number of rotatable bonds is 5. The lowest BCUT2D eigenvalue weighted by Crippen LogP contribution is -2.18. The molecule has 0 saturated carbocycles. The molecule has 2 aromatic rings. The molecule has 106 valence electrons. The van der Waals surface area contributed by atoms with Crippen LogP contribution >= 0.6 is 34.5 Å². The Balaban J connectivity index is 2.13. The summed E-state index contributed by atoms with van der Waals surface area (Å²) in [6.45, 7) is 1.94. The van der Waals surface area contributed by atoms with Crippen LogP contribution in [0.5, 0.6) is 0 Å². The summed E-state index contributed by atoms with van der Waals surface area (Å²) in [5, 5.41) is 14.0. The highest BCUT2D eigenvalue weighted by Gasteiger charge is 2.21. The molecule has 0 spiro atoms. The molecule has 0 saturated heterocycles. The Labute approximate surface area is 129 Å². The van der Waals surface area contributed by atoms with Crippen LogP contribution in [-0.4, -0.2) is 15.9 Å². The standard InChI is InChI=1S/C12H11Cl2N3O2S/c1-7(6-8-2-3-10(13)20-8)16-9-4-5-15-12(14)11(9)17(18)19/h2-5,7H,6H2,1H3,(H,15,16). The number of aromatic nitrogens is 1. The number of pyridine rings is 1. The second-order valence-electron chi connectivity index (χ2n) is 4.21. The molecule has 0 aliphatic heterocycles. The Morgan fingerprint density at radius 3 is 2.80 bits per heavy atom. The van der Waals surface area contributed by atoms with Gasteiger partial charge >= 0.3 is 5.69 Å². The molecule has 5 nitrogen and oxygen atoms in total. The lowest BCUT2D eigenvalue weighted by atomic mass is 10.2. The fourth-order valence-electron chi connectivity index (χ4n) is 1.80. The van der Waals surface area contributed by atoms with Gasteiger partial charge < -0.3 is 5.32 Å². The molecule has 8 heteroatoms. The molecule has 20 heavy (non-hydrogen) atoms. The topological polar surface area (TPSA) is 68.1 Å². The summed E-state index contributed by atoms with van der Waals surface area (Å²) in [5.74, 6) is 0. The van der Waals surface area contributed by atoms with Crippen LogP contribution in [-0.2, 0) is 6.42 Å². The van der Waals surface area contributed by atoms with Crippen molar-refractivity contribution in [3.8, 4) is 0 Å². The van der Waals surface area contributed by atoms with E-state index < -0.39 is 4.92 Å². The SMILES string of the molecule is CC(Cc1ccc(Cl)s1)Nc1ccnc(Cl)c1[N+](=O)[O-]. The first kappa shape index (κ1) is 15.0. The van der Waals surface area contributed by atoms with Gasteiger partial charge in [0.1, 0.15) is 5.69 Å². The molecule has 1 N–H and O–H groups in total. The van der Waals surface area contributed by atoms with Crippen LogP contribution in [0, 0.1) is 10.1 Å². The molecule has 0 aliphatic carbocycles. The highest BCUT2D eigenvalue weighted by Crippen LogP contribution is 2.31. The number of thiophene rings is 1. The number of hydrogen-bond donors (Lipinski definition) is 1. The van der Waals surface area contributed by atoms with Crippen molar-refractivity contribution in [1.29, 1.82) is 0 Å². The number of nitro groups is 1. The number of nitrogens with one attached hydrogen (secondary N) is 1. The van der Waals surface area contributed by atoms with Crippen LogP contribution in [0.2, 0.25) is 9.49 Å². The predicted molar refractivity (Wildman–Crippen MR) is 82.0 cm³/mol. The minimum Gasteiger partial charge on any atom is -0.377 e. The van der Waals surface area contributed by atoms with E-state index in [4.69, 9.17) is 23.2 Å². The van der Waals surface area contributed by atoms with Gasteiger partial charge in [0, 0.05) is 23.5 Å². The van der Waals surface area contributed by atoms with Crippen LogP contribution in [0.25, 0.3) is 0 Å². The van der Waals surface area contributed by atoms with E-state index in [1.165, 1.54) is 17.5 Å². The van der Waals surface area contributed by atoms with Crippen LogP contribution in [0.4, 0.5) is 11.4 Å². The number of nitrogens with zero attached hydrogens (tertiary/aromatic N) is 2. The number of halogens is 2. The van der Waals surface area contributed by atoms with E-state index in [1.807, 2.05) is 19.1 Å². The maximum absolute atomic E-state index is 11.0. The summed E-state index contributed by atoms with van der Waals surface area (Å²) in [6, 6.07) is 5.32. The Morgan fingerprint density at radius 1 is 1.45 bits per heavy atom. The van der Waals surface area contributed by atoms with Crippen molar-refractivity contribution in [2.24, 2.45) is 0 Å². The van der Waals surface area contributed by atoms with Crippen molar-refractivity contribution in [2.75, 3.05) is 5.32 Å². The van der Waals surface area contributed by atoms with Gasteiger partial charge in [0.15, 0.2) is 0 Å². The van der Waals surface area contributed by atoms with Crippen LogP contribution < -0.4 is 5.32 Å². The van der Waals surface area contributed by atoms with Crippen molar-refractivity contribution in [2.45, 2.75) is 19.4 Å². The third-order valence-electron chi connectivity index (χ3n) is 2.60. The fourth-order valence-corrected chi connectivity index (χ4v) is 3.24. The fraction of sp³-hybridized carbons (Fsp3) is 0.250. The van der Waals surface area contributed by atoms with E-state index >= 15 is 0 Å². The molecule has 0 radical (unpaired) electrons. The second kappa shape index (κ2) is 6.39.